The van der Waals surface area contributed by atoms with Crippen LogP contribution in [0.4, 0.5) is 5.69 Å². The van der Waals surface area contributed by atoms with Crippen LogP contribution < -0.4 is 4.90 Å². The predicted octanol–water partition coefficient (Wildman–Crippen LogP) is 2.49. The van der Waals surface area contributed by atoms with Crippen LogP contribution in [0.3, 0.4) is 0 Å². The molecule has 0 fully saturated rings. The monoisotopic (exact) mass is 269 g/mol. The highest BCUT2D eigenvalue weighted by molar-refractivity contribution is 9.11. The van der Waals surface area contributed by atoms with Crippen LogP contribution in [0.25, 0.3) is 0 Å². The Hall–Kier alpha value is -1.29. The Bertz CT molecular complexity index is 335. The number of hydrogen-bond acceptors (Lipinski definition) is 2. The van der Waals surface area contributed by atoms with Crippen molar-refractivity contribution in [1.29, 1.82) is 0 Å². The molecule has 3 nitrogen and oxygen atoms in total. The highest BCUT2D eigenvalue weighted by Crippen LogP contribution is 2.15. The third kappa shape index (κ3) is 4.16. The van der Waals surface area contributed by atoms with Gasteiger partial charge in [0.25, 0.3) is 0 Å². The SMILES string of the molecule is C=C(Br)CN(CC(=O)O)c1ccccc1. The van der Waals surface area contributed by atoms with Gasteiger partial charge >= 0.3 is 5.97 Å². The third-order valence-electron chi connectivity index (χ3n) is 1.81. The Morgan fingerprint density at radius 1 is 1.33 bits per heavy atom. The Labute approximate surface area is 97.1 Å². The van der Waals surface area contributed by atoms with Crippen LogP contribution in [0.5, 0.6) is 0 Å². The lowest BCUT2D eigenvalue weighted by Gasteiger charge is -2.22. The second kappa shape index (κ2) is 5.56. The fourth-order valence-corrected chi connectivity index (χ4v) is 1.55. The van der Waals surface area contributed by atoms with Crippen LogP contribution in [0.2, 0.25) is 0 Å². The van der Waals surface area contributed by atoms with Gasteiger partial charge in [0.1, 0.15) is 6.54 Å². The molecule has 0 aliphatic heterocycles. The van der Waals surface area contributed by atoms with E-state index >= 15 is 0 Å². The number of aliphatic carboxylic acids is 1. The van der Waals surface area contributed by atoms with Gasteiger partial charge in [-0.25, -0.2) is 0 Å². The van der Waals surface area contributed by atoms with E-state index in [0.29, 0.717) is 6.54 Å². The minimum absolute atomic E-state index is 0.0331. The normalized spacial score (nSPS) is 9.67. The molecule has 0 aliphatic rings. The van der Waals surface area contributed by atoms with Crippen molar-refractivity contribution in [3.8, 4) is 0 Å². The van der Waals surface area contributed by atoms with E-state index in [1.807, 2.05) is 30.3 Å². The number of carbonyl (C=O) groups is 1. The quantitative estimate of drug-likeness (QED) is 0.893. The molecule has 0 aromatic heterocycles. The molecule has 0 heterocycles. The van der Waals surface area contributed by atoms with Gasteiger partial charge in [0.05, 0.1) is 0 Å². The molecule has 15 heavy (non-hydrogen) atoms. The van der Waals surface area contributed by atoms with Crippen LogP contribution in [-0.2, 0) is 4.79 Å². The van der Waals surface area contributed by atoms with Crippen molar-refractivity contribution in [3.05, 3.63) is 41.4 Å². The van der Waals surface area contributed by atoms with Gasteiger partial charge in [-0.05, 0) is 12.1 Å². The maximum atomic E-state index is 10.7. The van der Waals surface area contributed by atoms with Crippen molar-refractivity contribution in [2.24, 2.45) is 0 Å². The van der Waals surface area contributed by atoms with E-state index in [4.69, 9.17) is 5.11 Å². The van der Waals surface area contributed by atoms with Crippen LogP contribution >= 0.6 is 15.9 Å². The summed E-state index contributed by atoms with van der Waals surface area (Å²) in [5.41, 5.74) is 0.875. The van der Waals surface area contributed by atoms with Gasteiger partial charge in [0.15, 0.2) is 0 Å². The van der Waals surface area contributed by atoms with E-state index in [0.717, 1.165) is 10.2 Å². The van der Waals surface area contributed by atoms with Gasteiger partial charge in [-0.2, -0.15) is 0 Å². The summed E-state index contributed by atoms with van der Waals surface area (Å²) in [5.74, 6) is -0.854. The first-order valence-electron chi connectivity index (χ1n) is 4.44. The average molecular weight is 270 g/mol. The fraction of sp³-hybridized carbons (Fsp3) is 0.182. The molecule has 1 rings (SSSR count). The lowest BCUT2D eigenvalue weighted by molar-refractivity contribution is -0.135. The van der Waals surface area contributed by atoms with Crippen molar-refractivity contribution in [2.75, 3.05) is 18.0 Å². The molecule has 0 saturated carbocycles. The summed E-state index contributed by atoms with van der Waals surface area (Å²) < 4.78 is 0.757. The lowest BCUT2D eigenvalue weighted by Crippen LogP contribution is -2.30. The Balaban J connectivity index is 2.81. The molecule has 4 heteroatoms. The maximum absolute atomic E-state index is 10.7. The first-order valence-corrected chi connectivity index (χ1v) is 5.24. The Kier molecular flexibility index (Phi) is 4.37. The predicted molar refractivity (Wildman–Crippen MR) is 64.4 cm³/mol. The molecule has 0 bridgehead atoms. The zero-order chi connectivity index (χ0) is 11.3. The van der Waals surface area contributed by atoms with E-state index < -0.39 is 5.97 Å². The van der Waals surface area contributed by atoms with Crippen molar-refractivity contribution < 1.29 is 9.90 Å². The molecule has 1 N–H and O–H groups in total. The number of carboxylic acid groups (broad SMARTS) is 1. The van der Waals surface area contributed by atoms with Crippen LogP contribution in [0, 0.1) is 0 Å². The largest absolute Gasteiger partial charge is 0.480 e. The van der Waals surface area contributed by atoms with Crippen LogP contribution in [-0.4, -0.2) is 24.2 Å². The van der Waals surface area contributed by atoms with Crippen molar-refractivity contribution in [2.45, 2.75) is 0 Å². The van der Waals surface area contributed by atoms with E-state index in [9.17, 15) is 4.79 Å². The minimum atomic E-state index is -0.854. The van der Waals surface area contributed by atoms with Gasteiger partial charge in [0.2, 0.25) is 0 Å². The Morgan fingerprint density at radius 2 is 1.93 bits per heavy atom. The second-order valence-corrected chi connectivity index (χ2v) is 4.22. The average Bonchev–Trinajstić information content (AvgIpc) is 2.17. The number of para-hydroxylation sites is 1. The van der Waals surface area contributed by atoms with E-state index in [-0.39, 0.29) is 6.54 Å². The van der Waals surface area contributed by atoms with Crippen LogP contribution in [0.1, 0.15) is 0 Å². The summed E-state index contributed by atoms with van der Waals surface area (Å²) in [7, 11) is 0. The highest BCUT2D eigenvalue weighted by Gasteiger charge is 2.10. The smallest absolute Gasteiger partial charge is 0.323 e. The molecule has 0 unspecified atom stereocenters. The van der Waals surface area contributed by atoms with Crippen molar-refractivity contribution in [1.82, 2.24) is 0 Å². The summed E-state index contributed by atoms with van der Waals surface area (Å²) in [6.45, 7) is 4.16. The van der Waals surface area contributed by atoms with E-state index in [1.54, 1.807) is 4.90 Å². The topological polar surface area (TPSA) is 40.5 Å². The van der Waals surface area contributed by atoms with Crippen molar-refractivity contribution in [3.63, 3.8) is 0 Å². The molecule has 0 aliphatic carbocycles. The zero-order valence-corrected chi connectivity index (χ0v) is 9.77. The third-order valence-corrected chi connectivity index (χ3v) is 2.06. The number of nitrogens with zero attached hydrogens (tertiary/aromatic N) is 1. The number of carboxylic acids is 1. The summed E-state index contributed by atoms with van der Waals surface area (Å²) in [6, 6.07) is 9.39. The van der Waals surface area contributed by atoms with Gasteiger partial charge in [0, 0.05) is 16.7 Å². The van der Waals surface area contributed by atoms with Crippen molar-refractivity contribution >= 4 is 27.6 Å². The molecular formula is C11H12BrNO2. The number of anilines is 1. The first-order chi connectivity index (χ1) is 7.09. The molecule has 0 amide bonds. The fourth-order valence-electron chi connectivity index (χ4n) is 1.25. The zero-order valence-electron chi connectivity index (χ0n) is 8.19. The second-order valence-electron chi connectivity index (χ2n) is 3.10. The molecular weight excluding hydrogens is 258 g/mol. The molecule has 0 spiro atoms. The number of halogens is 1. The van der Waals surface area contributed by atoms with Gasteiger partial charge < -0.3 is 10.0 Å². The number of benzene rings is 1. The first kappa shape index (κ1) is 11.8. The molecule has 0 saturated heterocycles. The summed E-state index contributed by atoms with van der Waals surface area (Å²) in [5, 5.41) is 8.77. The summed E-state index contributed by atoms with van der Waals surface area (Å²) >= 11 is 3.23. The lowest BCUT2D eigenvalue weighted by atomic mass is 10.3. The van der Waals surface area contributed by atoms with E-state index in [1.165, 1.54) is 0 Å². The van der Waals surface area contributed by atoms with Gasteiger partial charge in [-0.15, -0.1) is 0 Å². The molecule has 0 atom stereocenters. The molecule has 80 valence electrons. The molecule has 1 aromatic rings. The maximum Gasteiger partial charge on any atom is 0.323 e. The minimum Gasteiger partial charge on any atom is -0.480 e. The van der Waals surface area contributed by atoms with Crippen LogP contribution in [0.15, 0.2) is 41.4 Å². The summed E-state index contributed by atoms with van der Waals surface area (Å²) in [4.78, 5) is 12.4. The number of hydrogen-bond donors (Lipinski definition) is 1. The molecule has 1 aromatic carbocycles. The highest BCUT2D eigenvalue weighted by atomic mass is 79.9. The van der Waals surface area contributed by atoms with E-state index in [2.05, 4.69) is 22.5 Å². The van der Waals surface area contributed by atoms with Gasteiger partial charge in [-0.3, -0.25) is 4.79 Å². The molecule has 0 radical (unpaired) electrons. The van der Waals surface area contributed by atoms with Gasteiger partial charge in [-0.1, -0.05) is 40.7 Å². The Morgan fingerprint density at radius 3 is 2.40 bits per heavy atom. The summed E-state index contributed by atoms with van der Waals surface area (Å²) in [6.07, 6.45) is 0. The number of rotatable bonds is 5. The standard InChI is InChI=1S/C11H12BrNO2/c1-9(12)7-13(8-11(14)15)10-5-3-2-4-6-10/h2-6H,1,7-8H2,(H,14,15).